The number of nitrogens with zero attached hydrogens (tertiary/aromatic N) is 2. The highest BCUT2D eigenvalue weighted by Crippen LogP contribution is 2.25. The van der Waals surface area contributed by atoms with Crippen LogP contribution in [0.15, 0.2) is 115 Å². The van der Waals surface area contributed by atoms with Gasteiger partial charge < -0.3 is 115 Å². The van der Waals surface area contributed by atoms with Gasteiger partial charge in [0, 0.05) is 38.8 Å². The second-order valence-corrected chi connectivity index (χ2v) is 31.2. The van der Waals surface area contributed by atoms with Crippen molar-refractivity contribution in [2.75, 3.05) is 19.6 Å². The zero-order valence-electron chi connectivity index (χ0n) is 69.3. The van der Waals surface area contributed by atoms with Gasteiger partial charge in [-0.2, -0.15) is 0 Å². The Labute approximate surface area is 698 Å². The number of carboxylic acid groups (broad SMARTS) is 1. The van der Waals surface area contributed by atoms with Crippen molar-refractivity contribution in [2.45, 2.75) is 261 Å². The molecule has 2 saturated heterocycles. The number of benzene rings is 4. The van der Waals surface area contributed by atoms with Crippen molar-refractivity contribution in [2.24, 2.45) is 23.3 Å². The molecule has 2 fully saturated rings. The number of likely N-dealkylation sites (tertiary alicyclic amines) is 2. The molecule has 4 aromatic carbocycles. The summed E-state index contributed by atoms with van der Waals surface area (Å²) < 4.78 is 0. The average molecular weight is 1680 g/mol. The number of aliphatic hydroxyl groups excluding tert-OH is 5. The third-order valence-electron chi connectivity index (χ3n) is 21.6. The molecule has 2 aliphatic rings. The zero-order chi connectivity index (χ0) is 88.8. The summed E-state index contributed by atoms with van der Waals surface area (Å²) in [6, 6.07) is 9.11. The molecular weight excluding hydrogens is 1560 g/mol. The lowest BCUT2D eigenvalue weighted by Crippen LogP contribution is -2.65. The minimum Gasteiger partial charge on any atom is -0.508 e. The van der Waals surface area contributed by atoms with E-state index in [0.717, 1.165) is 25.7 Å². The molecule has 6 rings (SSSR count). The molecule has 0 saturated carbocycles. The monoisotopic (exact) mass is 1680 g/mol. The van der Waals surface area contributed by atoms with E-state index in [2.05, 4.69) is 58.5 Å². The van der Waals surface area contributed by atoms with Gasteiger partial charge in [-0.15, -0.1) is 0 Å². The molecule has 658 valence electrons. The first kappa shape index (κ1) is 97.8. The Balaban J connectivity index is 1.19. The van der Waals surface area contributed by atoms with Crippen LogP contribution in [0.1, 0.15) is 142 Å². The molecule has 0 unspecified atom stereocenters. The number of aliphatic carboxylic acids is 1. The van der Waals surface area contributed by atoms with E-state index < -0.39 is 204 Å². The summed E-state index contributed by atoms with van der Waals surface area (Å²) in [6.07, 6.45) is -6.92. The molecule has 2 heterocycles. The lowest BCUT2D eigenvalue weighted by atomic mass is 9.96. The lowest BCUT2D eigenvalue weighted by molar-refractivity contribution is -0.146. The standard InChI is InChI=1S/C84H121N15O21/c1-10-45(3)64(86)82(117)98-39-23-32-62(98)76(111)93-67(48(6)101)81(116)97-70(51(9)104)83(118)99-40-24-33-63(99)75(110)92-65(46(4)11-2)77(112)94-68(49(7)102)79(114)96-69(50(8)103)80(115)95-66(47(5)100)78(113)91-61(44-55-34-36-56(105)37-35-55)74(109)90-60(43-54-29-19-14-20-30-54)73(108)89-59(42-53-27-17-13-18-28-53)72(107)88-58(41-52-25-15-12-16-26-52)71(106)87-57(84(119)120)31-21-22-38-85/h12-20,25-30,34-37,45-51,57-70,100-105H,10-11,21-24,31-33,38-44,85-86H2,1-9H3,(H,87,106)(H,88,107)(H,89,108)(H,90,109)(H,91,113)(H,92,110)(H,93,111)(H,94,112)(H,95,115)(H,96,114)(H,97,116)(H,119,120)/t45-,46-,47+,48+,49+,50+,51+,57-,58-,59-,60-,61-,62-,63-,64-,65-,66-,67-,68-,69-,70-/m0/s1. The number of phenols is 1. The van der Waals surface area contributed by atoms with Crippen LogP contribution in [0, 0.1) is 11.8 Å². The summed E-state index contributed by atoms with van der Waals surface area (Å²) >= 11 is 0. The number of hydrogen-bond donors (Lipinski definition) is 20. The maximum Gasteiger partial charge on any atom is 0.326 e. The second kappa shape index (κ2) is 47.7. The summed E-state index contributed by atoms with van der Waals surface area (Å²) in [7, 11) is 0. The van der Waals surface area contributed by atoms with Gasteiger partial charge in [0.2, 0.25) is 76.8 Å². The predicted octanol–water partition coefficient (Wildman–Crippen LogP) is -2.49. The van der Waals surface area contributed by atoms with Crippen LogP contribution in [0.2, 0.25) is 0 Å². The largest absolute Gasteiger partial charge is 0.508 e. The van der Waals surface area contributed by atoms with Gasteiger partial charge in [-0.05, 0) is 132 Å². The van der Waals surface area contributed by atoms with E-state index in [1.54, 1.807) is 112 Å². The fraction of sp³-hybridized carbons (Fsp3) is 0.548. The Kier molecular flexibility index (Phi) is 38.9. The molecule has 21 atom stereocenters. The van der Waals surface area contributed by atoms with Crippen molar-refractivity contribution < 1.29 is 103 Å². The summed E-state index contributed by atoms with van der Waals surface area (Å²) in [5, 5.41) is 103. The third-order valence-corrected chi connectivity index (χ3v) is 21.6. The van der Waals surface area contributed by atoms with Gasteiger partial charge in [-0.3, -0.25) is 62.3 Å². The molecule has 22 N–H and O–H groups in total. The molecule has 120 heavy (non-hydrogen) atoms. The van der Waals surface area contributed by atoms with Crippen molar-refractivity contribution >= 4 is 82.8 Å². The number of aromatic hydroxyl groups is 1. The van der Waals surface area contributed by atoms with Crippen LogP contribution in [0.3, 0.4) is 0 Å². The second-order valence-electron chi connectivity index (χ2n) is 31.2. The van der Waals surface area contributed by atoms with E-state index in [1.165, 1.54) is 43.0 Å². The van der Waals surface area contributed by atoms with E-state index in [1.807, 2.05) is 6.92 Å². The van der Waals surface area contributed by atoms with Gasteiger partial charge >= 0.3 is 5.97 Å². The Morgan fingerprint density at radius 2 is 0.675 bits per heavy atom. The number of amides is 13. The zero-order valence-corrected chi connectivity index (χ0v) is 69.3. The molecule has 36 nitrogen and oxygen atoms in total. The molecule has 2 aliphatic heterocycles. The number of hydrogen-bond acceptors (Lipinski definition) is 22. The first-order valence-electron chi connectivity index (χ1n) is 40.8. The number of phenolic OH excluding ortho intramolecular Hbond substituents is 1. The van der Waals surface area contributed by atoms with Crippen LogP contribution < -0.4 is 70.0 Å². The molecule has 4 aromatic rings. The van der Waals surface area contributed by atoms with Crippen molar-refractivity contribution in [3.05, 3.63) is 138 Å². The summed E-state index contributed by atoms with van der Waals surface area (Å²) in [5.41, 5.74) is 13.9. The lowest BCUT2D eigenvalue weighted by Gasteiger charge is -2.33. The van der Waals surface area contributed by atoms with Crippen molar-refractivity contribution in [3.63, 3.8) is 0 Å². The van der Waals surface area contributed by atoms with E-state index in [4.69, 9.17) is 11.5 Å². The maximum atomic E-state index is 15.1. The Morgan fingerprint density at radius 1 is 0.375 bits per heavy atom. The van der Waals surface area contributed by atoms with Crippen LogP contribution in [0.4, 0.5) is 0 Å². The summed E-state index contributed by atoms with van der Waals surface area (Å²) in [6.45, 7) is 13.0. The molecule has 0 aromatic heterocycles. The first-order chi connectivity index (χ1) is 56.9. The minimum atomic E-state index is -2.04. The minimum absolute atomic E-state index is 0.0186. The molecule has 0 aliphatic carbocycles. The Hall–Kier alpha value is -11.0. The van der Waals surface area contributed by atoms with E-state index >= 15 is 9.59 Å². The number of unbranched alkanes of at least 4 members (excludes halogenated alkanes) is 1. The molecule has 13 amide bonds. The van der Waals surface area contributed by atoms with Crippen molar-refractivity contribution in [1.82, 2.24) is 68.3 Å². The SMILES string of the molecule is CC[C@H](C)[C@H](N)C(=O)N1CCC[C@H]1C(=O)N[C@H](C(=O)N[C@H](C(=O)N1CCC[C@H]1C(=O)N[C@H](C(=O)N[C@H](C(=O)N[C@H](C(=O)N[C@H](C(=O)N[C@@H](Cc1ccc(O)cc1)C(=O)N[C@@H](Cc1ccccc1)C(=O)N[C@@H](Cc1ccccc1)C(=O)N[C@@H](Cc1ccccc1)C(=O)N[C@@H](CCCCN)C(=O)O)[C@@H](C)O)[C@@H](C)O)[C@@H](C)O)[C@@H](C)CC)[C@@H](C)O)[C@@H](C)O. The van der Waals surface area contributed by atoms with E-state index in [-0.39, 0.29) is 89.1 Å². The molecule has 36 heteroatoms. The fourth-order valence-electron chi connectivity index (χ4n) is 14.0. The Bertz CT molecular complexity index is 4090. The molecular formula is C84H121N15O21. The van der Waals surface area contributed by atoms with Gasteiger partial charge in [0.15, 0.2) is 0 Å². The molecule has 0 spiro atoms. The first-order valence-corrected chi connectivity index (χ1v) is 40.8. The highest BCUT2D eigenvalue weighted by molar-refractivity contribution is 6.01. The van der Waals surface area contributed by atoms with Gasteiger partial charge in [0.1, 0.15) is 84.3 Å². The van der Waals surface area contributed by atoms with Crippen LogP contribution in [0.25, 0.3) is 0 Å². The maximum absolute atomic E-state index is 15.1. The van der Waals surface area contributed by atoms with Gasteiger partial charge in [0.25, 0.3) is 0 Å². The smallest absolute Gasteiger partial charge is 0.326 e. The number of rotatable bonds is 46. The quantitative estimate of drug-likeness (QED) is 0.0204. The number of carbonyl (C=O) groups is 14. The van der Waals surface area contributed by atoms with Gasteiger partial charge in [-0.25, -0.2) is 4.79 Å². The average Bonchev–Trinajstić information content (AvgIpc) is 1.64. The van der Waals surface area contributed by atoms with Crippen molar-refractivity contribution in [1.29, 1.82) is 0 Å². The number of nitrogens with two attached hydrogens (primary N) is 2. The topological polar surface area (TPSA) is 571 Å². The van der Waals surface area contributed by atoms with Crippen LogP contribution in [-0.4, -0.2) is 263 Å². The number of carboxylic acids is 1. The van der Waals surface area contributed by atoms with Crippen LogP contribution in [-0.2, 0) is 92.8 Å². The Morgan fingerprint density at radius 3 is 1.02 bits per heavy atom. The van der Waals surface area contributed by atoms with Crippen molar-refractivity contribution in [3.8, 4) is 5.75 Å². The molecule has 0 radical (unpaired) electrons. The van der Waals surface area contributed by atoms with Crippen LogP contribution in [0.5, 0.6) is 5.75 Å². The van der Waals surface area contributed by atoms with E-state index in [9.17, 15) is 93.3 Å². The normalized spacial score (nSPS) is 18.7. The third kappa shape index (κ3) is 28.9. The highest BCUT2D eigenvalue weighted by atomic mass is 16.4. The van der Waals surface area contributed by atoms with Gasteiger partial charge in [0.05, 0.1) is 36.6 Å². The summed E-state index contributed by atoms with van der Waals surface area (Å²) in [5.74, 6) is -15.2. The summed E-state index contributed by atoms with van der Waals surface area (Å²) in [4.78, 5) is 202. The number of carbonyl (C=O) groups excluding carboxylic acids is 13. The van der Waals surface area contributed by atoms with E-state index in [0.29, 0.717) is 47.9 Å². The molecule has 0 bridgehead atoms. The predicted molar refractivity (Wildman–Crippen MR) is 439 cm³/mol. The fourth-order valence-corrected chi connectivity index (χ4v) is 14.0. The number of nitrogens with one attached hydrogen (secondary N) is 11. The van der Waals surface area contributed by atoms with Crippen LogP contribution >= 0.6 is 0 Å². The number of aliphatic hydroxyl groups is 5. The van der Waals surface area contributed by atoms with Gasteiger partial charge in [-0.1, -0.05) is 144 Å². The highest BCUT2D eigenvalue weighted by Gasteiger charge is 2.46.